The molecule has 3 aromatic rings. The van der Waals surface area contributed by atoms with E-state index >= 15 is 0 Å². The molecule has 3 aromatic carbocycles. The number of hydrogen-bond donors (Lipinski definition) is 1. The van der Waals surface area contributed by atoms with Crippen LogP contribution in [0.2, 0.25) is 0 Å². The molecule has 5 nitrogen and oxygen atoms in total. The van der Waals surface area contributed by atoms with Crippen LogP contribution in [0.5, 0.6) is 11.5 Å². The topological polar surface area (TPSA) is 59.0 Å². The molecule has 5 rings (SSSR count). The fraction of sp³-hybridized carbons (Fsp3) is 0.393. The van der Waals surface area contributed by atoms with Gasteiger partial charge in [0, 0.05) is 44.3 Å². The highest BCUT2D eigenvalue weighted by Crippen LogP contribution is 2.57. The van der Waals surface area contributed by atoms with Crippen molar-refractivity contribution in [3.8, 4) is 22.6 Å². The Morgan fingerprint density at radius 3 is 2.23 bits per heavy atom. The molecule has 1 saturated heterocycles. The Morgan fingerprint density at radius 1 is 1.00 bits per heavy atom. The van der Waals surface area contributed by atoms with Crippen LogP contribution >= 0.6 is 0 Å². The smallest absolute Gasteiger partial charge is 0.303 e. The minimum atomic E-state index is -2.49. The molecule has 1 spiro atoms. The number of carboxylic acid groups (broad SMARTS) is 1. The molecule has 2 aliphatic rings. The summed E-state index contributed by atoms with van der Waals surface area (Å²) >= 11 is 0. The van der Waals surface area contributed by atoms with Crippen molar-refractivity contribution in [3.05, 3.63) is 59.7 Å². The van der Waals surface area contributed by atoms with E-state index in [4.69, 9.17) is 14.6 Å². The number of likely N-dealkylation sites (tertiary alicyclic amines) is 1. The number of benzene rings is 3. The molecule has 35 heavy (non-hydrogen) atoms. The summed E-state index contributed by atoms with van der Waals surface area (Å²) in [7, 11) is 3.25. The number of carbonyl (C=O) groups is 1. The molecule has 0 atom stereocenters. The van der Waals surface area contributed by atoms with Gasteiger partial charge in [-0.25, -0.2) is 8.78 Å². The molecule has 1 aliphatic heterocycles. The Morgan fingerprint density at radius 2 is 1.63 bits per heavy atom. The Kier molecular flexibility index (Phi) is 5.91. The molecule has 0 amide bonds. The molecule has 184 valence electrons. The van der Waals surface area contributed by atoms with Crippen molar-refractivity contribution in [2.24, 2.45) is 5.41 Å². The molecule has 1 saturated carbocycles. The second kappa shape index (κ2) is 8.79. The number of carboxylic acids is 1. The lowest BCUT2D eigenvalue weighted by Gasteiger charge is -2.58. The first-order chi connectivity index (χ1) is 16.7. The van der Waals surface area contributed by atoms with Gasteiger partial charge in [0.25, 0.3) is 0 Å². The summed E-state index contributed by atoms with van der Waals surface area (Å²) < 4.78 is 38.3. The van der Waals surface area contributed by atoms with E-state index in [2.05, 4.69) is 4.90 Å². The summed E-state index contributed by atoms with van der Waals surface area (Å²) in [5, 5.41) is 11.1. The fourth-order valence-corrected chi connectivity index (χ4v) is 5.92. The molecule has 0 bridgehead atoms. The molecule has 0 aromatic heterocycles. The number of nitrogens with zero attached hydrogens (tertiary/aromatic N) is 1. The number of methoxy groups -OCH3 is 2. The maximum absolute atomic E-state index is 13.3. The SMILES string of the molecule is COc1cc(CN2CC3(C2)CC(F)(F)C3)cc(OC)c1-c1cccc2c(CCC(=O)O)cccc12. The molecule has 1 heterocycles. The van der Waals surface area contributed by atoms with E-state index in [1.54, 1.807) is 14.2 Å². The first kappa shape index (κ1) is 23.5. The van der Waals surface area contributed by atoms with Gasteiger partial charge in [-0.1, -0.05) is 36.4 Å². The van der Waals surface area contributed by atoms with Crippen molar-refractivity contribution in [1.29, 1.82) is 0 Å². The van der Waals surface area contributed by atoms with Gasteiger partial charge in [0.15, 0.2) is 0 Å². The zero-order valence-corrected chi connectivity index (χ0v) is 19.9. The monoisotopic (exact) mass is 481 g/mol. The van der Waals surface area contributed by atoms with E-state index in [9.17, 15) is 13.6 Å². The molecule has 2 fully saturated rings. The predicted octanol–water partition coefficient (Wildman–Crippen LogP) is 5.77. The first-order valence-electron chi connectivity index (χ1n) is 11.8. The highest BCUT2D eigenvalue weighted by Gasteiger charge is 2.61. The van der Waals surface area contributed by atoms with Crippen molar-refractivity contribution in [3.63, 3.8) is 0 Å². The number of aliphatic carboxylic acids is 1. The van der Waals surface area contributed by atoms with Crippen LogP contribution in [-0.4, -0.2) is 49.2 Å². The van der Waals surface area contributed by atoms with Crippen molar-refractivity contribution in [1.82, 2.24) is 4.90 Å². The summed E-state index contributed by atoms with van der Waals surface area (Å²) in [5.41, 5.74) is 3.55. The van der Waals surface area contributed by atoms with E-state index in [0.29, 0.717) is 37.6 Å². The number of rotatable bonds is 8. The van der Waals surface area contributed by atoms with Crippen LogP contribution in [0.3, 0.4) is 0 Å². The third-order valence-electron chi connectivity index (χ3n) is 7.25. The average molecular weight is 482 g/mol. The third kappa shape index (κ3) is 4.45. The summed E-state index contributed by atoms with van der Waals surface area (Å²) in [6.45, 7) is 2.03. The number of alkyl halides is 2. The van der Waals surface area contributed by atoms with Gasteiger partial charge in [-0.05, 0) is 46.0 Å². The fourth-order valence-electron chi connectivity index (χ4n) is 5.92. The average Bonchev–Trinajstić information content (AvgIpc) is 2.79. The number of halogens is 2. The molecule has 0 unspecified atom stereocenters. The zero-order valence-electron chi connectivity index (χ0n) is 19.9. The van der Waals surface area contributed by atoms with Gasteiger partial charge in [-0.3, -0.25) is 9.69 Å². The maximum Gasteiger partial charge on any atom is 0.303 e. The minimum absolute atomic E-state index is 0.00237. The van der Waals surface area contributed by atoms with Crippen LogP contribution in [0.1, 0.15) is 30.4 Å². The molecular formula is C28H29F2NO4. The lowest BCUT2D eigenvalue weighted by Crippen LogP contribution is -2.65. The van der Waals surface area contributed by atoms with Crippen molar-refractivity contribution < 1.29 is 28.2 Å². The van der Waals surface area contributed by atoms with Crippen molar-refractivity contribution in [2.75, 3.05) is 27.3 Å². The van der Waals surface area contributed by atoms with Gasteiger partial charge in [0.2, 0.25) is 5.92 Å². The van der Waals surface area contributed by atoms with E-state index < -0.39 is 11.9 Å². The Bertz CT molecular complexity index is 1250. The van der Waals surface area contributed by atoms with Crippen LogP contribution in [0.4, 0.5) is 8.78 Å². The van der Waals surface area contributed by atoms with E-state index in [1.165, 1.54) is 0 Å². The quantitative estimate of drug-likeness (QED) is 0.443. The van der Waals surface area contributed by atoms with Gasteiger partial charge in [-0.2, -0.15) is 0 Å². The van der Waals surface area contributed by atoms with Gasteiger partial charge in [-0.15, -0.1) is 0 Å². The Balaban J connectivity index is 1.46. The largest absolute Gasteiger partial charge is 0.496 e. The van der Waals surface area contributed by atoms with E-state index in [1.807, 2.05) is 48.5 Å². The highest BCUT2D eigenvalue weighted by atomic mass is 19.3. The standard InChI is InChI=1S/C28H29F2NO4/c1-34-23-11-18(13-31-16-27(17-31)14-28(29,30)15-27)12-24(35-2)26(23)22-8-4-6-20-19(9-10-25(32)33)5-3-7-21(20)22/h3-8,11-12H,9-10,13-17H2,1-2H3,(H,32,33). The second-order valence-corrected chi connectivity index (χ2v) is 9.94. The van der Waals surface area contributed by atoms with E-state index in [-0.39, 0.29) is 24.7 Å². The minimum Gasteiger partial charge on any atom is -0.496 e. The number of hydrogen-bond acceptors (Lipinski definition) is 4. The summed E-state index contributed by atoms with van der Waals surface area (Å²) in [5.74, 6) is -1.97. The summed E-state index contributed by atoms with van der Waals surface area (Å²) in [6.07, 6.45) is 0.516. The lowest BCUT2D eigenvalue weighted by molar-refractivity contribution is -0.214. The molecule has 0 radical (unpaired) electrons. The highest BCUT2D eigenvalue weighted by molar-refractivity contribution is 6.01. The maximum atomic E-state index is 13.3. The zero-order chi connectivity index (χ0) is 24.8. The van der Waals surface area contributed by atoms with Gasteiger partial charge >= 0.3 is 5.97 Å². The van der Waals surface area contributed by atoms with E-state index in [0.717, 1.165) is 33.0 Å². The Labute approximate surface area is 203 Å². The number of ether oxygens (including phenoxy) is 2. The van der Waals surface area contributed by atoms with Crippen LogP contribution in [0, 0.1) is 5.41 Å². The Hall–Kier alpha value is -3.19. The molecule has 7 heteroatoms. The van der Waals surface area contributed by atoms with Crippen LogP contribution in [0.25, 0.3) is 21.9 Å². The van der Waals surface area contributed by atoms with Crippen LogP contribution in [-0.2, 0) is 17.8 Å². The number of fused-ring (bicyclic) bond motifs is 1. The second-order valence-electron chi connectivity index (χ2n) is 9.94. The lowest BCUT2D eigenvalue weighted by atomic mass is 9.61. The van der Waals surface area contributed by atoms with Crippen molar-refractivity contribution in [2.45, 2.75) is 38.2 Å². The van der Waals surface area contributed by atoms with Gasteiger partial charge in [0.1, 0.15) is 11.5 Å². The first-order valence-corrected chi connectivity index (χ1v) is 11.8. The summed E-state index contributed by atoms with van der Waals surface area (Å²) in [4.78, 5) is 13.3. The summed E-state index contributed by atoms with van der Waals surface area (Å²) in [6, 6.07) is 15.9. The van der Waals surface area contributed by atoms with Crippen LogP contribution in [0.15, 0.2) is 48.5 Å². The third-order valence-corrected chi connectivity index (χ3v) is 7.25. The van der Waals surface area contributed by atoms with Crippen molar-refractivity contribution >= 4 is 16.7 Å². The predicted molar refractivity (Wildman–Crippen MR) is 130 cm³/mol. The molecule has 1 N–H and O–H groups in total. The molecule has 1 aliphatic carbocycles. The normalized spacial score (nSPS) is 18.2. The van der Waals surface area contributed by atoms with Crippen LogP contribution < -0.4 is 9.47 Å². The van der Waals surface area contributed by atoms with Gasteiger partial charge in [0.05, 0.1) is 19.8 Å². The molecular weight excluding hydrogens is 452 g/mol. The number of aryl methyl sites for hydroxylation is 1. The van der Waals surface area contributed by atoms with Gasteiger partial charge < -0.3 is 14.6 Å².